The normalized spacial score (nSPS) is 9.93. The summed E-state index contributed by atoms with van der Waals surface area (Å²) >= 11 is 0. The highest BCUT2D eigenvalue weighted by Gasteiger charge is 2.19. The van der Waals surface area contributed by atoms with Crippen molar-refractivity contribution >= 4 is 23.5 Å². The van der Waals surface area contributed by atoms with E-state index < -0.39 is 12.1 Å². The highest BCUT2D eigenvalue weighted by atomic mass is 16.7. The van der Waals surface area contributed by atoms with Crippen molar-refractivity contribution in [3.8, 4) is 0 Å². The average Bonchev–Trinajstić information content (AvgIpc) is 2.70. The summed E-state index contributed by atoms with van der Waals surface area (Å²) < 4.78 is 0. The number of nitrogens with one attached hydrogen (secondary N) is 2. The van der Waals surface area contributed by atoms with Gasteiger partial charge in [0.2, 0.25) is 0 Å². The maximum atomic E-state index is 12.6. The Balaban J connectivity index is 1.70. The van der Waals surface area contributed by atoms with E-state index in [2.05, 4.69) is 10.6 Å². The van der Waals surface area contributed by atoms with Crippen LogP contribution in [0.3, 0.4) is 0 Å². The number of carbonyl (C=O) groups is 2. The molecule has 2 N–H and O–H groups in total. The van der Waals surface area contributed by atoms with Crippen molar-refractivity contribution in [2.75, 3.05) is 10.6 Å². The quantitative estimate of drug-likeness (QED) is 0.650. The molecule has 0 bridgehead atoms. The van der Waals surface area contributed by atoms with E-state index in [0.717, 1.165) is 10.6 Å². The maximum Gasteiger partial charge on any atom is 0.436 e. The van der Waals surface area contributed by atoms with E-state index in [1.165, 1.54) is 0 Å². The second kappa shape index (κ2) is 9.05. The molecule has 3 aromatic rings. The Hall–Kier alpha value is -3.80. The van der Waals surface area contributed by atoms with Crippen LogP contribution in [0.25, 0.3) is 0 Å². The zero-order valence-electron chi connectivity index (χ0n) is 14.5. The first-order chi connectivity index (χ1) is 13.2. The van der Waals surface area contributed by atoms with E-state index in [9.17, 15) is 9.59 Å². The van der Waals surface area contributed by atoms with Gasteiger partial charge in [0.25, 0.3) is 0 Å². The fraction of sp³-hybridized carbons (Fsp3) is 0.0476. The van der Waals surface area contributed by atoms with Crippen molar-refractivity contribution in [1.29, 1.82) is 0 Å². The van der Waals surface area contributed by atoms with Gasteiger partial charge in [-0.25, -0.2) is 9.59 Å². The Labute approximate surface area is 157 Å². The molecule has 6 heteroatoms. The number of amides is 3. The van der Waals surface area contributed by atoms with Crippen LogP contribution in [0.15, 0.2) is 91.0 Å². The first-order valence-electron chi connectivity index (χ1n) is 8.42. The Morgan fingerprint density at radius 2 is 1.19 bits per heavy atom. The fourth-order valence-corrected chi connectivity index (χ4v) is 2.36. The van der Waals surface area contributed by atoms with Gasteiger partial charge in [0.15, 0.2) is 0 Å². The molecule has 136 valence electrons. The lowest BCUT2D eigenvalue weighted by Gasteiger charge is -2.22. The Morgan fingerprint density at radius 3 is 1.74 bits per heavy atom. The highest BCUT2D eigenvalue weighted by Crippen LogP contribution is 2.12. The molecule has 0 spiro atoms. The molecular formula is C21H19N3O3. The molecule has 0 aliphatic carbocycles. The molecule has 0 fully saturated rings. The molecule has 6 nitrogen and oxygen atoms in total. The van der Waals surface area contributed by atoms with Crippen LogP contribution in [0.1, 0.15) is 5.56 Å². The van der Waals surface area contributed by atoms with Gasteiger partial charge >= 0.3 is 12.1 Å². The van der Waals surface area contributed by atoms with E-state index >= 15 is 0 Å². The van der Waals surface area contributed by atoms with Crippen molar-refractivity contribution < 1.29 is 14.4 Å². The summed E-state index contributed by atoms with van der Waals surface area (Å²) in [6, 6.07) is 26.6. The summed E-state index contributed by atoms with van der Waals surface area (Å²) in [5, 5.41) is 6.29. The minimum atomic E-state index is -0.750. The summed E-state index contributed by atoms with van der Waals surface area (Å²) in [4.78, 5) is 30.1. The van der Waals surface area contributed by atoms with E-state index in [1.54, 1.807) is 48.5 Å². The molecule has 27 heavy (non-hydrogen) atoms. The molecule has 3 rings (SSSR count). The molecule has 0 atom stereocenters. The van der Waals surface area contributed by atoms with Gasteiger partial charge in [-0.15, -0.1) is 5.06 Å². The predicted molar refractivity (Wildman–Crippen MR) is 104 cm³/mol. The smallest absolute Gasteiger partial charge is 0.317 e. The lowest BCUT2D eigenvalue weighted by Crippen LogP contribution is -2.37. The second-order valence-corrected chi connectivity index (χ2v) is 5.69. The van der Waals surface area contributed by atoms with Gasteiger partial charge in [-0.1, -0.05) is 66.7 Å². The van der Waals surface area contributed by atoms with Crippen molar-refractivity contribution in [2.45, 2.75) is 6.54 Å². The van der Waals surface area contributed by atoms with Gasteiger partial charge < -0.3 is 10.2 Å². The molecule has 0 heterocycles. The number of anilines is 2. The van der Waals surface area contributed by atoms with Crippen LogP contribution in [0.5, 0.6) is 0 Å². The molecule has 0 aliphatic rings. The van der Waals surface area contributed by atoms with Crippen LogP contribution >= 0.6 is 0 Å². The van der Waals surface area contributed by atoms with Gasteiger partial charge in [0, 0.05) is 11.4 Å². The molecule has 0 aliphatic heterocycles. The third kappa shape index (κ3) is 5.61. The number of nitrogens with zero attached hydrogens (tertiary/aromatic N) is 1. The number of hydrogen-bond donors (Lipinski definition) is 2. The average molecular weight is 361 g/mol. The summed E-state index contributed by atoms with van der Waals surface area (Å²) in [5.41, 5.74) is 2.01. The lowest BCUT2D eigenvalue weighted by atomic mass is 10.2. The lowest BCUT2D eigenvalue weighted by molar-refractivity contribution is -0.0534. The largest absolute Gasteiger partial charge is 0.436 e. The number of carbonyl (C=O) groups excluding carboxylic acids is 2. The van der Waals surface area contributed by atoms with E-state index in [0.29, 0.717) is 11.4 Å². The molecule has 0 saturated carbocycles. The minimum absolute atomic E-state index is 0.113. The standard InChI is InChI=1S/C21H19N3O3/c25-20(22-18-12-6-2-7-13-18)24(16-17-10-4-1-5-11-17)27-21(26)23-19-14-8-3-9-15-19/h1-15H,16H2,(H,22,25)(H,23,26). The fourth-order valence-electron chi connectivity index (χ4n) is 2.36. The van der Waals surface area contributed by atoms with Crippen molar-refractivity contribution in [3.05, 3.63) is 96.6 Å². The summed E-state index contributed by atoms with van der Waals surface area (Å²) in [5.74, 6) is 0. The Kier molecular flexibility index (Phi) is 6.04. The van der Waals surface area contributed by atoms with Gasteiger partial charge in [0.1, 0.15) is 0 Å². The minimum Gasteiger partial charge on any atom is -0.317 e. The molecule has 0 radical (unpaired) electrons. The predicted octanol–water partition coefficient (Wildman–Crippen LogP) is 4.88. The van der Waals surface area contributed by atoms with E-state index in [1.807, 2.05) is 42.5 Å². The summed E-state index contributed by atoms with van der Waals surface area (Å²) in [7, 11) is 0. The molecular weight excluding hydrogens is 342 g/mol. The summed E-state index contributed by atoms with van der Waals surface area (Å²) in [6.07, 6.45) is -0.750. The van der Waals surface area contributed by atoms with Crippen molar-refractivity contribution in [1.82, 2.24) is 5.06 Å². The first-order valence-corrected chi connectivity index (χ1v) is 8.42. The zero-order valence-corrected chi connectivity index (χ0v) is 14.5. The first kappa shape index (κ1) is 18.0. The molecule has 0 aromatic heterocycles. The third-order valence-electron chi connectivity index (χ3n) is 3.63. The number of para-hydroxylation sites is 2. The molecule has 3 amide bonds. The summed E-state index contributed by atoms with van der Waals surface area (Å²) in [6.45, 7) is 0.113. The SMILES string of the molecule is O=C(Nc1ccccc1)ON(Cc1ccccc1)C(=O)Nc1ccccc1. The van der Waals surface area contributed by atoms with Crippen LogP contribution in [0.2, 0.25) is 0 Å². The van der Waals surface area contributed by atoms with Crippen LogP contribution < -0.4 is 10.6 Å². The molecule has 3 aromatic carbocycles. The van der Waals surface area contributed by atoms with Crippen LogP contribution in [0, 0.1) is 0 Å². The van der Waals surface area contributed by atoms with Crippen LogP contribution in [-0.4, -0.2) is 17.2 Å². The molecule has 0 saturated heterocycles. The topological polar surface area (TPSA) is 70.7 Å². The Bertz CT molecular complexity index is 871. The maximum absolute atomic E-state index is 12.6. The van der Waals surface area contributed by atoms with E-state index in [4.69, 9.17) is 4.84 Å². The number of urea groups is 1. The third-order valence-corrected chi connectivity index (χ3v) is 3.63. The number of rotatable bonds is 4. The number of benzene rings is 3. The second-order valence-electron chi connectivity index (χ2n) is 5.69. The number of hydroxylamine groups is 2. The van der Waals surface area contributed by atoms with Crippen molar-refractivity contribution in [2.24, 2.45) is 0 Å². The van der Waals surface area contributed by atoms with E-state index in [-0.39, 0.29) is 6.54 Å². The molecule has 0 unspecified atom stereocenters. The Morgan fingerprint density at radius 1 is 0.704 bits per heavy atom. The van der Waals surface area contributed by atoms with Gasteiger partial charge in [-0.05, 0) is 29.8 Å². The van der Waals surface area contributed by atoms with Crippen LogP contribution in [0.4, 0.5) is 21.0 Å². The monoisotopic (exact) mass is 361 g/mol. The van der Waals surface area contributed by atoms with Gasteiger partial charge in [-0.2, -0.15) is 0 Å². The number of hydrogen-bond acceptors (Lipinski definition) is 3. The van der Waals surface area contributed by atoms with Gasteiger partial charge in [-0.3, -0.25) is 5.32 Å². The highest BCUT2D eigenvalue weighted by molar-refractivity contribution is 5.91. The zero-order chi connectivity index (χ0) is 18.9. The van der Waals surface area contributed by atoms with Crippen LogP contribution in [-0.2, 0) is 11.4 Å². The van der Waals surface area contributed by atoms with Gasteiger partial charge in [0.05, 0.1) is 6.54 Å². The van der Waals surface area contributed by atoms with Crippen molar-refractivity contribution in [3.63, 3.8) is 0 Å².